The molecule has 1 fully saturated rings. The summed E-state index contributed by atoms with van der Waals surface area (Å²) in [4.78, 5) is 2.57. The molecule has 1 aromatic carbocycles. The summed E-state index contributed by atoms with van der Waals surface area (Å²) in [5.41, 5.74) is 2.31. The van der Waals surface area contributed by atoms with E-state index in [9.17, 15) is 13.5 Å². The van der Waals surface area contributed by atoms with Crippen LogP contribution in [0.5, 0.6) is 0 Å². The molecule has 0 radical (unpaired) electrons. The van der Waals surface area contributed by atoms with Crippen molar-refractivity contribution in [2.45, 2.75) is 32.3 Å². The van der Waals surface area contributed by atoms with Crippen LogP contribution in [0, 0.1) is 13.8 Å². The molecule has 0 unspecified atom stereocenters. The second kappa shape index (κ2) is 6.44. The first kappa shape index (κ1) is 16.4. The molecule has 0 aromatic heterocycles. The van der Waals surface area contributed by atoms with Gasteiger partial charge in [-0.15, -0.1) is 0 Å². The molecular formula is C15H24N2O3S. The van der Waals surface area contributed by atoms with Crippen molar-refractivity contribution in [1.82, 2.24) is 9.21 Å². The SMILES string of the molecule is CCN1CCN(S(=O)(=O)c2cc(CO)cc(C)c2C)CC1. The molecule has 0 atom stereocenters. The van der Waals surface area contributed by atoms with E-state index in [1.807, 2.05) is 19.9 Å². The third-order valence-corrected chi connectivity index (χ3v) is 6.28. The van der Waals surface area contributed by atoms with Gasteiger partial charge in [0.1, 0.15) is 0 Å². The first-order chi connectivity index (χ1) is 9.90. The summed E-state index contributed by atoms with van der Waals surface area (Å²) in [5, 5.41) is 9.30. The molecule has 0 saturated carbocycles. The minimum Gasteiger partial charge on any atom is -0.392 e. The van der Waals surface area contributed by atoms with Gasteiger partial charge < -0.3 is 10.0 Å². The van der Waals surface area contributed by atoms with Gasteiger partial charge in [0.15, 0.2) is 0 Å². The van der Waals surface area contributed by atoms with Gasteiger partial charge in [0, 0.05) is 26.2 Å². The fraction of sp³-hybridized carbons (Fsp3) is 0.600. The van der Waals surface area contributed by atoms with E-state index in [1.165, 1.54) is 0 Å². The van der Waals surface area contributed by atoms with Crippen molar-refractivity contribution < 1.29 is 13.5 Å². The van der Waals surface area contributed by atoms with Gasteiger partial charge in [-0.2, -0.15) is 4.31 Å². The van der Waals surface area contributed by atoms with Crippen LogP contribution >= 0.6 is 0 Å². The number of sulfonamides is 1. The zero-order valence-electron chi connectivity index (χ0n) is 13.0. The minimum atomic E-state index is -3.48. The number of aliphatic hydroxyl groups is 1. The van der Waals surface area contributed by atoms with Crippen LogP contribution in [-0.2, 0) is 16.6 Å². The fourth-order valence-corrected chi connectivity index (χ4v) is 4.45. The number of hydrogen-bond donors (Lipinski definition) is 1. The van der Waals surface area contributed by atoms with Gasteiger partial charge in [-0.3, -0.25) is 0 Å². The van der Waals surface area contributed by atoms with E-state index in [-0.39, 0.29) is 6.61 Å². The van der Waals surface area contributed by atoms with Crippen LogP contribution in [-0.4, -0.2) is 55.5 Å². The van der Waals surface area contributed by atoms with E-state index in [4.69, 9.17) is 0 Å². The van der Waals surface area contributed by atoms with E-state index in [1.54, 1.807) is 10.4 Å². The number of rotatable bonds is 4. The number of benzene rings is 1. The molecule has 5 nitrogen and oxygen atoms in total. The van der Waals surface area contributed by atoms with Gasteiger partial charge in [-0.25, -0.2) is 8.42 Å². The first-order valence-corrected chi connectivity index (χ1v) is 8.77. The van der Waals surface area contributed by atoms with Gasteiger partial charge in [0.05, 0.1) is 11.5 Å². The average molecular weight is 312 g/mol. The summed E-state index contributed by atoms with van der Waals surface area (Å²) < 4.78 is 27.3. The molecule has 1 aromatic rings. The highest BCUT2D eigenvalue weighted by molar-refractivity contribution is 7.89. The van der Waals surface area contributed by atoms with E-state index >= 15 is 0 Å². The first-order valence-electron chi connectivity index (χ1n) is 7.33. The molecule has 2 rings (SSSR count). The standard InChI is InChI=1S/C15H24N2O3S/c1-4-16-5-7-17(8-6-16)21(19,20)15-10-14(11-18)9-12(2)13(15)3/h9-10,18H,4-8,11H2,1-3H3. The van der Waals surface area contributed by atoms with Crippen LogP contribution in [0.1, 0.15) is 23.6 Å². The second-order valence-corrected chi connectivity index (χ2v) is 7.44. The minimum absolute atomic E-state index is 0.146. The van der Waals surface area contributed by atoms with Crippen LogP contribution in [0.3, 0.4) is 0 Å². The maximum Gasteiger partial charge on any atom is 0.243 e. The summed E-state index contributed by atoms with van der Waals surface area (Å²) in [6.07, 6.45) is 0. The Hall–Kier alpha value is -0.950. The Labute approximate surface area is 127 Å². The molecule has 21 heavy (non-hydrogen) atoms. The lowest BCUT2D eigenvalue weighted by Crippen LogP contribution is -2.48. The van der Waals surface area contributed by atoms with Crippen molar-refractivity contribution >= 4 is 10.0 Å². The number of nitrogens with zero attached hydrogens (tertiary/aromatic N) is 2. The Morgan fingerprint density at radius 3 is 2.29 bits per heavy atom. The summed E-state index contributed by atoms with van der Waals surface area (Å²) >= 11 is 0. The van der Waals surface area contributed by atoms with Gasteiger partial charge >= 0.3 is 0 Å². The molecule has 1 aliphatic rings. The van der Waals surface area contributed by atoms with Crippen LogP contribution in [0.4, 0.5) is 0 Å². The van der Waals surface area contributed by atoms with Crippen LogP contribution < -0.4 is 0 Å². The summed E-state index contributed by atoms with van der Waals surface area (Å²) in [6.45, 7) is 9.19. The van der Waals surface area contributed by atoms with E-state index in [2.05, 4.69) is 11.8 Å². The topological polar surface area (TPSA) is 60.9 Å². The average Bonchev–Trinajstić information content (AvgIpc) is 2.49. The third kappa shape index (κ3) is 3.29. The van der Waals surface area contributed by atoms with Gasteiger partial charge in [-0.05, 0) is 43.1 Å². The lowest BCUT2D eigenvalue weighted by atomic mass is 10.1. The van der Waals surface area contributed by atoms with Crippen LogP contribution in [0.2, 0.25) is 0 Å². The predicted octanol–water partition coefficient (Wildman–Crippen LogP) is 1.12. The molecule has 0 bridgehead atoms. The van der Waals surface area contributed by atoms with Crippen LogP contribution in [0.25, 0.3) is 0 Å². The van der Waals surface area contributed by atoms with Crippen molar-refractivity contribution in [3.8, 4) is 0 Å². The molecule has 6 heteroatoms. The highest BCUT2D eigenvalue weighted by Crippen LogP contribution is 2.25. The second-order valence-electron chi connectivity index (χ2n) is 5.53. The largest absolute Gasteiger partial charge is 0.392 e. The van der Waals surface area contributed by atoms with E-state index in [0.717, 1.165) is 30.8 Å². The predicted molar refractivity (Wildman–Crippen MR) is 82.7 cm³/mol. The van der Waals surface area contributed by atoms with E-state index in [0.29, 0.717) is 23.5 Å². The molecule has 1 N–H and O–H groups in total. The Morgan fingerprint density at radius 2 is 1.76 bits per heavy atom. The number of aryl methyl sites for hydroxylation is 1. The molecule has 1 heterocycles. The molecule has 0 amide bonds. The third-order valence-electron chi connectivity index (χ3n) is 4.26. The Kier molecular flexibility index (Phi) is 5.03. The van der Waals surface area contributed by atoms with Gasteiger partial charge in [0.25, 0.3) is 0 Å². The zero-order chi connectivity index (χ0) is 15.6. The maximum atomic E-state index is 12.8. The normalized spacial score (nSPS) is 18.1. The highest BCUT2D eigenvalue weighted by Gasteiger charge is 2.29. The Bertz CT molecular complexity index is 606. The highest BCUT2D eigenvalue weighted by atomic mass is 32.2. The van der Waals surface area contributed by atoms with Crippen molar-refractivity contribution in [3.05, 3.63) is 28.8 Å². The van der Waals surface area contributed by atoms with Gasteiger partial charge in [-0.1, -0.05) is 13.0 Å². The molecule has 1 aliphatic heterocycles. The Balaban J connectivity index is 2.34. The van der Waals surface area contributed by atoms with E-state index < -0.39 is 10.0 Å². The molecule has 0 aliphatic carbocycles. The summed E-state index contributed by atoms with van der Waals surface area (Å²) in [5.74, 6) is 0. The fourth-order valence-electron chi connectivity index (χ4n) is 2.68. The number of hydrogen-bond acceptors (Lipinski definition) is 4. The van der Waals surface area contributed by atoms with Crippen molar-refractivity contribution in [2.75, 3.05) is 32.7 Å². The maximum absolute atomic E-state index is 12.8. The lowest BCUT2D eigenvalue weighted by molar-refractivity contribution is 0.196. The Morgan fingerprint density at radius 1 is 1.14 bits per heavy atom. The smallest absolute Gasteiger partial charge is 0.243 e. The summed E-state index contributed by atoms with van der Waals surface area (Å²) in [7, 11) is -3.48. The lowest BCUT2D eigenvalue weighted by Gasteiger charge is -2.33. The van der Waals surface area contributed by atoms with Crippen molar-refractivity contribution in [2.24, 2.45) is 0 Å². The molecular weight excluding hydrogens is 288 g/mol. The molecule has 118 valence electrons. The quantitative estimate of drug-likeness (QED) is 0.905. The van der Waals surface area contributed by atoms with Crippen molar-refractivity contribution in [1.29, 1.82) is 0 Å². The molecule has 0 spiro atoms. The van der Waals surface area contributed by atoms with Gasteiger partial charge in [0.2, 0.25) is 10.0 Å². The number of aliphatic hydroxyl groups excluding tert-OH is 1. The number of likely N-dealkylation sites (N-methyl/N-ethyl adjacent to an activating group) is 1. The zero-order valence-corrected chi connectivity index (χ0v) is 13.8. The van der Waals surface area contributed by atoms with Crippen molar-refractivity contribution in [3.63, 3.8) is 0 Å². The number of piperazine rings is 1. The monoisotopic (exact) mass is 312 g/mol. The van der Waals surface area contributed by atoms with Crippen LogP contribution in [0.15, 0.2) is 17.0 Å². The molecule has 1 saturated heterocycles. The summed E-state index contributed by atoms with van der Waals surface area (Å²) in [6, 6.07) is 3.44.